The first kappa shape index (κ1) is 54.9. The van der Waals surface area contributed by atoms with E-state index in [2.05, 4.69) is 39.8 Å². The van der Waals surface area contributed by atoms with Gasteiger partial charge >= 0.3 is 71.2 Å². The van der Waals surface area contributed by atoms with E-state index in [0.717, 1.165) is 26.7 Å². The van der Waals surface area contributed by atoms with Crippen molar-refractivity contribution in [3.8, 4) is 0 Å². The van der Waals surface area contributed by atoms with Crippen LogP contribution in [0.25, 0.3) is 0 Å². The van der Waals surface area contributed by atoms with E-state index in [-0.39, 0.29) is 103 Å². The number of phosphoric ester groups is 1. The molecule has 4 amide bonds. The number of carbonyl (C=O) groups is 3. The molecule has 20 heteroatoms. The average molecular weight is 917 g/mol. The van der Waals surface area contributed by atoms with Crippen LogP contribution in [-0.2, 0) is 49.4 Å². The Morgan fingerprint density at radius 2 is 1.48 bits per heavy atom. The number of amides is 4. The number of urea groups is 1. The Bertz CT molecular complexity index is 1940. The van der Waals surface area contributed by atoms with Crippen LogP contribution in [0, 0.1) is 11.8 Å². The van der Waals surface area contributed by atoms with Crippen molar-refractivity contribution >= 4 is 48.5 Å². The summed E-state index contributed by atoms with van der Waals surface area (Å²) >= 11 is 2.85. The van der Waals surface area contributed by atoms with Crippen LogP contribution < -0.4 is 84.9 Å². The minimum Gasteiger partial charge on any atom is -0.790 e. The minimum atomic E-state index is -5.54. The minimum absolute atomic E-state index is 0. The van der Waals surface area contributed by atoms with Crippen LogP contribution in [-0.4, -0.2) is 70.5 Å². The molecule has 15 nitrogen and oxygen atoms in total. The molecule has 2 aromatic carbocycles. The standard InChI is InChI=1S/C41H57N6O9PS2.2Na/c1-26(2)36(46-40(49)47(7)22-32-24-58-38(44-32)27(3)4)37(48)43-31(18-29-14-10-8-11-15-29)20-35(55-39(28(5)6)56-57(51,52)53)34(19-30-16-12-9-13-17-30)45-41(50)54-23-33-21-42-25-59-33;;/h8-17,21,24-28,31,34-36,39H,18-20,22-23H2,1-7H3,(H,43,48)(H,45,50)(H,46,49)(H2,51,52,53);;/q;2*+1/p-2/t31?,34-,35-,36-,39+;;/m0../s1. The number of carbonyl (C=O) groups excluding carboxylic acids is 3. The molecule has 2 aromatic heterocycles. The fourth-order valence-electron chi connectivity index (χ4n) is 6.12. The molecule has 0 bridgehead atoms. The van der Waals surface area contributed by atoms with Crippen molar-refractivity contribution in [2.24, 2.45) is 11.8 Å². The fourth-order valence-corrected chi connectivity index (χ4v) is 8.00. The van der Waals surface area contributed by atoms with Gasteiger partial charge in [-0.2, -0.15) is 0 Å². The zero-order valence-electron chi connectivity index (χ0n) is 36.4. The topological polar surface area (TPSA) is 207 Å². The normalized spacial score (nSPS) is 13.9. The van der Waals surface area contributed by atoms with Gasteiger partial charge in [0.2, 0.25) is 5.91 Å². The Kier molecular flexibility index (Phi) is 24.5. The second-order valence-corrected chi connectivity index (χ2v) is 18.3. The van der Waals surface area contributed by atoms with Gasteiger partial charge in [-0.3, -0.25) is 9.78 Å². The molecule has 1 unspecified atom stereocenters. The van der Waals surface area contributed by atoms with Gasteiger partial charge in [-0.1, -0.05) is 102 Å². The van der Waals surface area contributed by atoms with Crippen molar-refractivity contribution in [3.63, 3.8) is 0 Å². The molecule has 0 aliphatic rings. The molecule has 0 saturated carbocycles. The number of rotatable bonds is 22. The number of hydrogen-bond acceptors (Lipinski definition) is 13. The van der Waals surface area contributed by atoms with Crippen molar-refractivity contribution in [1.82, 2.24) is 30.8 Å². The number of nitrogens with zero attached hydrogens (tertiary/aromatic N) is 3. The van der Waals surface area contributed by atoms with Gasteiger partial charge in [0.1, 0.15) is 12.6 Å². The summed E-state index contributed by atoms with van der Waals surface area (Å²) in [5.41, 5.74) is 4.04. The first-order valence-corrected chi connectivity index (χ1v) is 22.7. The van der Waals surface area contributed by atoms with Gasteiger partial charge in [0.25, 0.3) is 0 Å². The van der Waals surface area contributed by atoms with Gasteiger partial charge < -0.3 is 49.2 Å². The summed E-state index contributed by atoms with van der Waals surface area (Å²) in [5.74, 6) is -1.15. The van der Waals surface area contributed by atoms with E-state index in [1.54, 1.807) is 32.6 Å². The van der Waals surface area contributed by atoms with Crippen LogP contribution in [0.1, 0.15) is 80.6 Å². The Morgan fingerprint density at radius 3 is 2.00 bits per heavy atom. The van der Waals surface area contributed by atoms with Gasteiger partial charge in [0.05, 0.1) is 47.6 Å². The third-order valence-corrected chi connectivity index (χ3v) is 11.6. The molecule has 0 radical (unpaired) electrons. The van der Waals surface area contributed by atoms with E-state index in [4.69, 9.17) is 14.0 Å². The number of benzene rings is 2. The van der Waals surface area contributed by atoms with Gasteiger partial charge in [-0.05, 0) is 36.3 Å². The Hall–Kier alpha value is -2.22. The van der Waals surface area contributed by atoms with Gasteiger partial charge in [0, 0.05) is 36.5 Å². The van der Waals surface area contributed by atoms with Gasteiger partial charge in [0.15, 0.2) is 6.29 Å². The molecule has 0 aliphatic carbocycles. The summed E-state index contributed by atoms with van der Waals surface area (Å²) < 4.78 is 28.8. The van der Waals surface area contributed by atoms with Gasteiger partial charge in [-0.25, -0.2) is 14.6 Å². The Labute approximate surface area is 411 Å². The molecular formula is C41H55N6Na2O9PS2. The van der Waals surface area contributed by atoms with Crippen molar-refractivity contribution in [2.45, 2.75) is 110 Å². The van der Waals surface area contributed by atoms with Crippen LogP contribution in [0.4, 0.5) is 9.59 Å². The van der Waals surface area contributed by atoms with Crippen molar-refractivity contribution in [1.29, 1.82) is 0 Å². The number of nitrogens with one attached hydrogen (secondary N) is 3. The monoisotopic (exact) mass is 916 g/mol. The number of thiazole rings is 2. The third kappa shape index (κ3) is 19.6. The van der Waals surface area contributed by atoms with Gasteiger partial charge in [-0.15, -0.1) is 22.7 Å². The zero-order valence-corrected chi connectivity index (χ0v) is 43.0. The molecule has 5 atom stereocenters. The molecular weight excluding hydrogens is 862 g/mol. The Morgan fingerprint density at radius 1 is 0.852 bits per heavy atom. The predicted octanol–water partition coefficient (Wildman–Crippen LogP) is -0.235. The molecule has 3 N–H and O–H groups in total. The van der Waals surface area contributed by atoms with Crippen LogP contribution in [0.3, 0.4) is 0 Å². The molecule has 2 heterocycles. The number of hydrogen-bond donors (Lipinski definition) is 3. The second-order valence-electron chi connectivity index (χ2n) is 15.3. The van der Waals surface area contributed by atoms with E-state index in [1.165, 1.54) is 27.6 Å². The number of alkyl carbamates (subject to hydrolysis) is 1. The van der Waals surface area contributed by atoms with Crippen LogP contribution in [0.5, 0.6) is 0 Å². The molecule has 0 fully saturated rings. The molecule has 61 heavy (non-hydrogen) atoms. The van der Waals surface area contributed by atoms with E-state index in [9.17, 15) is 28.7 Å². The average Bonchev–Trinajstić information content (AvgIpc) is 3.88. The number of phosphoric acid groups is 1. The molecule has 4 aromatic rings. The van der Waals surface area contributed by atoms with Crippen molar-refractivity contribution < 1.29 is 102 Å². The van der Waals surface area contributed by atoms with Crippen LogP contribution in [0.2, 0.25) is 0 Å². The Balaban J connectivity index is 0.00000641. The molecule has 0 aliphatic heterocycles. The first-order valence-electron chi connectivity index (χ1n) is 19.5. The summed E-state index contributed by atoms with van der Waals surface area (Å²) in [7, 11) is -3.90. The summed E-state index contributed by atoms with van der Waals surface area (Å²) in [6.45, 7) is 11.2. The van der Waals surface area contributed by atoms with Crippen LogP contribution in [0.15, 0.2) is 77.8 Å². The summed E-state index contributed by atoms with van der Waals surface area (Å²) in [5, 5.41) is 11.8. The largest absolute Gasteiger partial charge is 1.00 e. The maximum absolute atomic E-state index is 14.3. The zero-order chi connectivity index (χ0) is 43.1. The second kappa shape index (κ2) is 27.2. The molecule has 0 saturated heterocycles. The van der Waals surface area contributed by atoms with Crippen LogP contribution >= 0.6 is 30.5 Å². The fraction of sp³-hybridized carbons (Fsp3) is 0.488. The number of ether oxygens (including phenoxy) is 2. The van der Waals surface area contributed by atoms with E-state index >= 15 is 0 Å². The maximum atomic E-state index is 14.3. The maximum Gasteiger partial charge on any atom is 1.00 e. The SMILES string of the molecule is CC(C)c1nc(CN(C)C(=O)N[C@H](C(=O)NC(Cc2ccccc2)C[C@H](O[C@H](OP(=O)([O-])[O-])C(C)C)[C@H](Cc2ccccc2)NC(=O)OCc2cncs2)C(C)C)cs1.[Na+].[Na+]. The van der Waals surface area contributed by atoms with E-state index in [0.29, 0.717) is 0 Å². The van der Waals surface area contributed by atoms with Crippen molar-refractivity contribution in [2.75, 3.05) is 7.05 Å². The molecule has 0 spiro atoms. The quantitative estimate of drug-likeness (QED) is 0.0533. The molecule has 322 valence electrons. The summed E-state index contributed by atoms with van der Waals surface area (Å²) in [4.78, 5) is 76.0. The first-order chi connectivity index (χ1) is 28.0. The predicted molar refractivity (Wildman–Crippen MR) is 223 cm³/mol. The van der Waals surface area contributed by atoms with Crippen molar-refractivity contribution in [3.05, 3.63) is 104 Å². The van der Waals surface area contributed by atoms with E-state index < -0.39 is 62.3 Å². The van der Waals surface area contributed by atoms with E-state index in [1.807, 2.05) is 79.9 Å². The third-order valence-electron chi connectivity index (χ3n) is 9.19. The summed E-state index contributed by atoms with van der Waals surface area (Å²) in [6, 6.07) is 15.6. The number of aromatic nitrogens is 2. The molecule has 4 rings (SSSR count). The smallest absolute Gasteiger partial charge is 0.790 e. The summed E-state index contributed by atoms with van der Waals surface area (Å²) in [6.07, 6.45) is -1.30.